The number of nitrogens with zero attached hydrogens (tertiary/aromatic N) is 1. The lowest BCUT2D eigenvalue weighted by molar-refractivity contribution is -0.118. The molecule has 0 saturated carbocycles. The van der Waals surface area contributed by atoms with Gasteiger partial charge in [-0.2, -0.15) is 12.6 Å². The first-order valence-corrected chi connectivity index (χ1v) is 6.05. The molecule has 0 unspecified atom stereocenters. The fourth-order valence-corrected chi connectivity index (χ4v) is 2.13. The van der Waals surface area contributed by atoms with Crippen LogP contribution in [-0.4, -0.2) is 18.2 Å². The fraction of sp³-hybridized carbons (Fsp3) is 0.417. The molecule has 0 aromatic heterocycles. The molecule has 1 aromatic rings. The number of halogens is 1. The predicted molar refractivity (Wildman–Crippen MR) is 65.5 cm³/mol. The summed E-state index contributed by atoms with van der Waals surface area (Å²) in [5.41, 5.74) is 1.79. The first-order chi connectivity index (χ1) is 7.72. The Kier molecular flexibility index (Phi) is 3.49. The number of carbonyl (C=O) groups is 1. The highest BCUT2D eigenvalue weighted by atomic mass is 32.1. The van der Waals surface area contributed by atoms with Gasteiger partial charge in [0.25, 0.3) is 0 Å². The van der Waals surface area contributed by atoms with Crippen molar-refractivity contribution in [2.45, 2.75) is 19.3 Å². The van der Waals surface area contributed by atoms with E-state index in [1.54, 1.807) is 11.0 Å². The number of hydrogen-bond donors (Lipinski definition) is 1. The second-order valence-corrected chi connectivity index (χ2v) is 4.34. The van der Waals surface area contributed by atoms with Crippen LogP contribution >= 0.6 is 12.6 Å². The molecule has 16 heavy (non-hydrogen) atoms. The van der Waals surface area contributed by atoms with E-state index >= 15 is 0 Å². The van der Waals surface area contributed by atoms with E-state index in [0.29, 0.717) is 19.4 Å². The number of hydrogen-bond acceptors (Lipinski definition) is 2. The third-order valence-corrected chi connectivity index (χ3v) is 3.10. The molecular weight excluding hydrogens is 225 g/mol. The molecule has 0 spiro atoms. The van der Waals surface area contributed by atoms with Crippen LogP contribution in [0.4, 0.5) is 10.1 Å². The highest BCUT2D eigenvalue weighted by Crippen LogP contribution is 2.28. The third kappa shape index (κ3) is 2.21. The second-order valence-electron chi connectivity index (χ2n) is 3.90. The minimum atomic E-state index is -0.288. The lowest BCUT2D eigenvalue weighted by Crippen LogP contribution is -2.36. The van der Waals surface area contributed by atoms with Gasteiger partial charge in [-0.05, 0) is 36.3 Å². The van der Waals surface area contributed by atoms with Gasteiger partial charge in [-0.25, -0.2) is 4.39 Å². The van der Waals surface area contributed by atoms with E-state index < -0.39 is 0 Å². The topological polar surface area (TPSA) is 20.3 Å². The molecule has 2 rings (SSSR count). The Balaban J connectivity index is 2.31. The first kappa shape index (κ1) is 11.5. The van der Waals surface area contributed by atoms with Gasteiger partial charge in [0.15, 0.2) is 0 Å². The average molecular weight is 239 g/mol. The van der Waals surface area contributed by atoms with Gasteiger partial charge in [-0.15, -0.1) is 0 Å². The van der Waals surface area contributed by atoms with E-state index in [2.05, 4.69) is 12.6 Å². The summed E-state index contributed by atoms with van der Waals surface area (Å²) in [7, 11) is 0. The quantitative estimate of drug-likeness (QED) is 0.803. The van der Waals surface area contributed by atoms with Crippen LogP contribution in [0.3, 0.4) is 0 Å². The van der Waals surface area contributed by atoms with Crippen molar-refractivity contribution in [2.24, 2.45) is 0 Å². The van der Waals surface area contributed by atoms with Crippen LogP contribution in [0.5, 0.6) is 0 Å². The molecule has 1 amide bonds. The number of aryl methyl sites for hydroxylation is 1. The molecule has 0 fully saturated rings. The number of anilines is 1. The van der Waals surface area contributed by atoms with E-state index in [4.69, 9.17) is 0 Å². The van der Waals surface area contributed by atoms with Crippen LogP contribution in [0.25, 0.3) is 0 Å². The standard InChI is InChI=1S/C12H14FNOS/c13-10-4-2-9-3-5-12(15)14(6-1-7-16)11(9)8-10/h2,4,8,16H,1,3,5-7H2. The zero-order valence-electron chi connectivity index (χ0n) is 8.95. The van der Waals surface area contributed by atoms with Crippen LogP contribution in [0.1, 0.15) is 18.4 Å². The molecule has 0 aliphatic carbocycles. The molecule has 1 aliphatic rings. The highest BCUT2D eigenvalue weighted by molar-refractivity contribution is 7.80. The number of thiol groups is 1. The summed E-state index contributed by atoms with van der Waals surface area (Å²) in [5, 5.41) is 0. The number of benzene rings is 1. The lowest BCUT2D eigenvalue weighted by atomic mass is 10.0. The summed E-state index contributed by atoms with van der Waals surface area (Å²) >= 11 is 4.13. The van der Waals surface area contributed by atoms with E-state index in [-0.39, 0.29) is 11.7 Å². The maximum atomic E-state index is 13.2. The smallest absolute Gasteiger partial charge is 0.227 e. The molecule has 0 saturated heterocycles. The van der Waals surface area contributed by atoms with Crippen LogP contribution in [0.2, 0.25) is 0 Å². The van der Waals surface area contributed by atoms with Crippen molar-refractivity contribution in [1.29, 1.82) is 0 Å². The van der Waals surface area contributed by atoms with Crippen molar-refractivity contribution < 1.29 is 9.18 Å². The van der Waals surface area contributed by atoms with Crippen LogP contribution in [-0.2, 0) is 11.2 Å². The van der Waals surface area contributed by atoms with Crippen molar-refractivity contribution >= 4 is 24.2 Å². The summed E-state index contributed by atoms with van der Waals surface area (Å²) in [6.45, 7) is 0.624. The van der Waals surface area contributed by atoms with Gasteiger partial charge >= 0.3 is 0 Å². The van der Waals surface area contributed by atoms with Gasteiger partial charge in [0, 0.05) is 18.7 Å². The monoisotopic (exact) mass is 239 g/mol. The molecule has 1 heterocycles. The molecular formula is C12H14FNOS. The molecule has 4 heteroatoms. The first-order valence-electron chi connectivity index (χ1n) is 5.42. The summed E-state index contributed by atoms with van der Waals surface area (Å²) < 4.78 is 13.2. The van der Waals surface area contributed by atoms with Crippen molar-refractivity contribution in [3.05, 3.63) is 29.6 Å². The zero-order chi connectivity index (χ0) is 11.5. The normalized spacial score (nSPS) is 15.1. The maximum Gasteiger partial charge on any atom is 0.227 e. The van der Waals surface area contributed by atoms with Crippen molar-refractivity contribution in [1.82, 2.24) is 0 Å². The largest absolute Gasteiger partial charge is 0.312 e. The molecule has 2 nitrogen and oxygen atoms in total. The van der Waals surface area contributed by atoms with Gasteiger partial charge in [0.2, 0.25) is 5.91 Å². The van der Waals surface area contributed by atoms with E-state index in [0.717, 1.165) is 23.4 Å². The molecule has 1 aliphatic heterocycles. The SMILES string of the molecule is O=C1CCc2ccc(F)cc2N1CCCS. The van der Waals surface area contributed by atoms with Gasteiger partial charge in [-0.3, -0.25) is 4.79 Å². The summed E-state index contributed by atoms with van der Waals surface area (Å²) in [5.74, 6) is 0.526. The van der Waals surface area contributed by atoms with Gasteiger partial charge in [-0.1, -0.05) is 6.07 Å². The molecule has 0 N–H and O–H groups in total. The van der Waals surface area contributed by atoms with E-state index in [9.17, 15) is 9.18 Å². The van der Waals surface area contributed by atoms with Crippen molar-refractivity contribution in [2.75, 3.05) is 17.2 Å². The fourth-order valence-electron chi connectivity index (χ4n) is 1.98. The predicted octanol–water partition coefficient (Wildman–Crippen LogP) is 2.42. The molecule has 0 atom stereocenters. The third-order valence-electron chi connectivity index (χ3n) is 2.79. The average Bonchev–Trinajstić information content (AvgIpc) is 2.28. The summed E-state index contributed by atoms with van der Waals surface area (Å²) in [6, 6.07) is 4.67. The number of carbonyl (C=O) groups excluding carboxylic acids is 1. The Morgan fingerprint density at radius 2 is 2.19 bits per heavy atom. The van der Waals surface area contributed by atoms with Crippen molar-refractivity contribution in [3.8, 4) is 0 Å². The maximum absolute atomic E-state index is 13.2. The van der Waals surface area contributed by atoms with Crippen LogP contribution in [0, 0.1) is 5.82 Å². The molecule has 1 aromatic carbocycles. The summed E-state index contributed by atoms with van der Waals surface area (Å²) in [6.07, 6.45) is 2.06. The summed E-state index contributed by atoms with van der Waals surface area (Å²) in [4.78, 5) is 13.4. The number of fused-ring (bicyclic) bond motifs is 1. The number of rotatable bonds is 3. The Labute approximate surface area is 99.9 Å². The molecule has 0 bridgehead atoms. The van der Waals surface area contributed by atoms with Gasteiger partial charge < -0.3 is 4.90 Å². The molecule has 86 valence electrons. The Morgan fingerprint density at radius 1 is 1.38 bits per heavy atom. The molecule has 0 radical (unpaired) electrons. The second kappa shape index (κ2) is 4.87. The van der Waals surface area contributed by atoms with Gasteiger partial charge in [0.1, 0.15) is 5.82 Å². The zero-order valence-corrected chi connectivity index (χ0v) is 9.84. The minimum Gasteiger partial charge on any atom is -0.312 e. The van der Waals surface area contributed by atoms with Crippen LogP contribution < -0.4 is 4.90 Å². The lowest BCUT2D eigenvalue weighted by Gasteiger charge is -2.29. The Bertz CT molecular complexity index is 408. The highest BCUT2D eigenvalue weighted by Gasteiger charge is 2.23. The van der Waals surface area contributed by atoms with E-state index in [1.165, 1.54) is 12.1 Å². The van der Waals surface area contributed by atoms with E-state index in [1.807, 2.05) is 0 Å². The Morgan fingerprint density at radius 3 is 2.94 bits per heavy atom. The van der Waals surface area contributed by atoms with Crippen molar-refractivity contribution in [3.63, 3.8) is 0 Å². The Hall–Kier alpha value is -1.03. The van der Waals surface area contributed by atoms with Gasteiger partial charge in [0.05, 0.1) is 0 Å². The number of amides is 1. The minimum absolute atomic E-state index is 0.0832. The van der Waals surface area contributed by atoms with Crippen LogP contribution in [0.15, 0.2) is 18.2 Å².